The summed E-state index contributed by atoms with van der Waals surface area (Å²) >= 11 is 5.89. The number of carbonyl (C=O) groups is 3. The molecule has 1 aliphatic rings. The number of benzene rings is 2. The summed E-state index contributed by atoms with van der Waals surface area (Å²) in [5.41, 5.74) is 0.886. The number of amides is 3. The Kier molecular flexibility index (Phi) is 7.36. The van der Waals surface area contributed by atoms with Crippen molar-refractivity contribution < 1.29 is 23.9 Å². The summed E-state index contributed by atoms with van der Waals surface area (Å²) in [4.78, 5) is 40.7. The van der Waals surface area contributed by atoms with Crippen molar-refractivity contribution in [2.75, 3.05) is 46.9 Å². The maximum atomic E-state index is 12.8. The van der Waals surface area contributed by atoms with Gasteiger partial charge in [-0.2, -0.15) is 0 Å². The van der Waals surface area contributed by atoms with Crippen molar-refractivity contribution in [3.63, 3.8) is 0 Å². The van der Waals surface area contributed by atoms with Gasteiger partial charge in [0, 0.05) is 42.3 Å². The van der Waals surface area contributed by atoms with Gasteiger partial charge in [0.25, 0.3) is 11.8 Å². The fourth-order valence-corrected chi connectivity index (χ4v) is 3.50. The number of carbonyl (C=O) groups excluding carboxylic acids is 3. The fourth-order valence-electron chi connectivity index (χ4n) is 3.31. The standard InChI is InChI=1S/C22H24ClN3O5/c1-30-18-7-6-16(13-19(18)31-2)22(29)26-10-8-25(9-11-26)20(27)14-24-21(28)15-4-3-5-17(23)12-15/h3-7,12-13H,8-11,14H2,1-2H3,(H,24,28). The minimum Gasteiger partial charge on any atom is -0.493 e. The first-order valence-electron chi connectivity index (χ1n) is 9.75. The minimum atomic E-state index is -0.363. The summed E-state index contributed by atoms with van der Waals surface area (Å²) in [7, 11) is 3.05. The van der Waals surface area contributed by atoms with Crippen molar-refractivity contribution in [1.82, 2.24) is 15.1 Å². The number of hydrogen-bond acceptors (Lipinski definition) is 5. The molecule has 0 unspecified atom stereocenters. The van der Waals surface area contributed by atoms with E-state index in [0.29, 0.717) is 53.8 Å². The molecule has 0 bridgehead atoms. The van der Waals surface area contributed by atoms with Gasteiger partial charge in [0.2, 0.25) is 5.91 Å². The molecule has 1 N–H and O–H groups in total. The normalized spacial score (nSPS) is 13.5. The highest BCUT2D eigenvalue weighted by molar-refractivity contribution is 6.31. The van der Waals surface area contributed by atoms with Crippen molar-refractivity contribution in [1.29, 1.82) is 0 Å². The smallest absolute Gasteiger partial charge is 0.254 e. The molecule has 164 valence electrons. The molecule has 1 heterocycles. The number of methoxy groups -OCH3 is 2. The average Bonchev–Trinajstić information content (AvgIpc) is 2.81. The van der Waals surface area contributed by atoms with Crippen molar-refractivity contribution in [2.24, 2.45) is 0 Å². The van der Waals surface area contributed by atoms with E-state index in [0.717, 1.165) is 0 Å². The zero-order valence-corrected chi connectivity index (χ0v) is 18.1. The molecular weight excluding hydrogens is 422 g/mol. The first kappa shape index (κ1) is 22.4. The van der Waals surface area contributed by atoms with Crippen molar-refractivity contribution >= 4 is 29.3 Å². The largest absolute Gasteiger partial charge is 0.493 e. The van der Waals surface area contributed by atoms with E-state index in [1.165, 1.54) is 14.2 Å². The van der Waals surface area contributed by atoms with Gasteiger partial charge >= 0.3 is 0 Å². The lowest BCUT2D eigenvalue weighted by molar-refractivity contribution is -0.131. The molecule has 1 saturated heterocycles. The van der Waals surface area contributed by atoms with Crippen LogP contribution in [0.3, 0.4) is 0 Å². The van der Waals surface area contributed by atoms with Crippen LogP contribution in [0.2, 0.25) is 5.02 Å². The second-order valence-electron chi connectivity index (χ2n) is 6.94. The Bertz CT molecular complexity index is 973. The molecule has 0 saturated carbocycles. The molecule has 3 rings (SSSR count). The highest BCUT2D eigenvalue weighted by atomic mass is 35.5. The number of ether oxygens (including phenoxy) is 2. The van der Waals surface area contributed by atoms with E-state index >= 15 is 0 Å². The SMILES string of the molecule is COc1ccc(C(=O)N2CCN(C(=O)CNC(=O)c3cccc(Cl)c3)CC2)cc1OC. The first-order chi connectivity index (χ1) is 14.9. The van der Waals surface area contributed by atoms with E-state index in [1.54, 1.807) is 52.3 Å². The van der Waals surface area contributed by atoms with Gasteiger partial charge < -0.3 is 24.6 Å². The highest BCUT2D eigenvalue weighted by Crippen LogP contribution is 2.28. The van der Waals surface area contributed by atoms with E-state index in [1.807, 2.05) is 0 Å². The molecule has 8 nitrogen and oxygen atoms in total. The van der Waals surface area contributed by atoms with Gasteiger partial charge in [-0.25, -0.2) is 0 Å². The van der Waals surface area contributed by atoms with Crippen molar-refractivity contribution in [2.45, 2.75) is 0 Å². The molecule has 0 aromatic heterocycles. The summed E-state index contributed by atoms with van der Waals surface area (Å²) in [5.74, 6) is 0.334. The summed E-state index contributed by atoms with van der Waals surface area (Å²) in [6.45, 7) is 1.48. The van der Waals surface area contributed by atoms with Crippen molar-refractivity contribution in [3.8, 4) is 11.5 Å². The van der Waals surface area contributed by atoms with Crippen LogP contribution in [0.5, 0.6) is 11.5 Å². The van der Waals surface area contributed by atoms with E-state index in [-0.39, 0.29) is 24.3 Å². The number of halogens is 1. The third-order valence-corrected chi connectivity index (χ3v) is 5.27. The molecule has 0 atom stereocenters. The highest BCUT2D eigenvalue weighted by Gasteiger charge is 2.25. The zero-order chi connectivity index (χ0) is 22.4. The third-order valence-electron chi connectivity index (χ3n) is 5.04. The Balaban J connectivity index is 1.51. The van der Waals surface area contributed by atoms with Gasteiger partial charge in [-0.1, -0.05) is 17.7 Å². The van der Waals surface area contributed by atoms with E-state index in [2.05, 4.69) is 5.32 Å². The summed E-state index contributed by atoms with van der Waals surface area (Å²) < 4.78 is 10.5. The van der Waals surface area contributed by atoms with Crippen LogP contribution < -0.4 is 14.8 Å². The average molecular weight is 446 g/mol. The molecule has 9 heteroatoms. The lowest BCUT2D eigenvalue weighted by atomic mass is 10.1. The van der Waals surface area contributed by atoms with Gasteiger partial charge in [0.15, 0.2) is 11.5 Å². The molecule has 2 aromatic carbocycles. The zero-order valence-electron chi connectivity index (χ0n) is 17.4. The van der Waals surface area contributed by atoms with E-state index in [9.17, 15) is 14.4 Å². The van der Waals surface area contributed by atoms with Crippen LogP contribution in [0.4, 0.5) is 0 Å². The maximum absolute atomic E-state index is 12.8. The maximum Gasteiger partial charge on any atom is 0.254 e. The third kappa shape index (κ3) is 5.46. The molecule has 0 spiro atoms. The van der Waals surface area contributed by atoms with Gasteiger partial charge in [0.05, 0.1) is 20.8 Å². The Morgan fingerprint density at radius 3 is 2.23 bits per heavy atom. The summed E-state index contributed by atoms with van der Waals surface area (Å²) in [6.07, 6.45) is 0. The topological polar surface area (TPSA) is 88.2 Å². The molecule has 2 aromatic rings. The van der Waals surface area contributed by atoms with Crippen LogP contribution in [0.25, 0.3) is 0 Å². The van der Waals surface area contributed by atoms with Crippen LogP contribution in [0.15, 0.2) is 42.5 Å². The van der Waals surface area contributed by atoms with Gasteiger partial charge in [-0.15, -0.1) is 0 Å². The van der Waals surface area contributed by atoms with Gasteiger partial charge in [0.1, 0.15) is 0 Å². The Morgan fingerprint density at radius 1 is 0.903 bits per heavy atom. The number of nitrogens with one attached hydrogen (secondary N) is 1. The van der Waals surface area contributed by atoms with E-state index < -0.39 is 0 Å². The molecule has 31 heavy (non-hydrogen) atoms. The fraction of sp³-hybridized carbons (Fsp3) is 0.318. The lowest BCUT2D eigenvalue weighted by Crippen LogP contribution is -2.52. The van der Waals surface area contributed by atoms with Gasteiger partial charge in [-0.05, 0) is 36.4 Å². The van der Waals surface area contributed by atoms with Crippen LogP contribution in [0, 0.1) is 0 Å². The number of nitrogens with zero attached hydrogens (tertiary/aromatic N) is 2. The first-order valence-corrected chi connectivity index (χ1v) is 10.1. The lowest BCUT2D eigenvalue weighted by Gasteiger charge is -2.35. The monoisotopic (exact) mass is 445 g/mol. The van der Waals surface area contributed by atoms with E-state index in [4.69, 9.17) is 21.1 Å². The predicted molar refractivity (Wildman–Crippen MR) is 116 cm³/mol. The van der Waals surface area contributed by atoms with Crippen LogP contribution in [0.1, 0.15) is 20.7 Å². The molecule has 1 fully saturated rings. The number of hydrogen-bond donors (Lipinski definition) is 1. The number of rotatable bonds is 6. The second-order valence-corrected chi connectivity index (χ2v) is 7.37. The summed E-state index contributed by atoms with van der Waals surface area (Å²) in [5, 5.41) is 3.06. The van der Waals surface area contributed by atoms with Crippen molar-refractivity contribution in [3.05, 3.63) is 58.6 Å². The molecular formula is C22H24ClN3O5. The Morgan fingerprint density at radius 2 is 1.58 bits per heavy atom. The molecule has 0 aliphatic carbocycles. The Labute approximate surface area is 185 Å². The number of piperazine rings is 1. The van der Waals surface area contributed by atoms with Crippen LogP contribution in [-0.2, 0) is 4.79 Å². The predicted octanol–water partition coefficient (Wildman–Crippen LogP) is 2.07. The van der Waals surface area contributed by atoms with Gasteiger partial charge in [-0.3, -0.25) is 14.4 Å². The summed E-state index contributed by atoms with van der Waals surface area (Å²) in [6, 6.07) is 11.5. The molecule has 1 aliphatic heterocycles. The van der Waals surface area contributed by atoms with Crippen LogP contribution >= 0.6 is 11.6 Å². The minimum absolute atomic E-state index is 0.116. The Hall–Kier alpha value is -3.26. The van der Waals surface area contributed by atoms with Crippen LogP contribution in [-0.4, -0.2) is 74.5 Å². The molecule has 3 amide bonds. The molecule has 0 radical (unpaired) electrons. The second kappa shape index (κ2) is 10.2. The quantitative estimate of drug-likeness (QED) is 0.735.